The van der Waals surface area contributed by atoms with Crippen molar-refractivity contribution >= 4 is 29.1 Å². The van der Waals surface area contributed by atoms with Crippen LogP contribution < -0.4 is 21.7 Å². The topological polar surface area (TPSA) is 113 Å². The molecule has 5 N–H and O–H groups in total. The Morgan fingerprint density at radius 3 is 1.91 bits per heavy atom. The van der Waals surface area contributed by atoms with Crippen molar-refractivity contribution in [2.24, 2.45) is 11.7 Å². The molecule has 0 spiro atoms. The minimum absolute atomic E-state index is 0.0451. The predicted octanol–water partition coefficient (Wildman–Crippen LogP) is 0.685. The van der Waals surface area contributed by atoms with E-state index in [2.05, 4.69) is 16.0 Å². The fourth-order valence-corrected chi connectivity index (χ4v) is 1.68. The van der Waals surface area contributed by atoms with Crippen LogP contribution in [0.5, 0.6) is 0 Å². The minimum atomic E-state index is -0.390. The first-order valence-corrected chi connectivity index (χ1v) is 7.07. The van der Waals surface area contributed by atoms with Crippen molar-refractivity contribution in [3.8, 4) is 0 Å². The Hall–Kier alpha value is -2.41. The molecule has 0 saturated carbocycles. The van der Waals surface area contributed by atoms with Gasteiger partial charge in [0.25, 0.3) is 0 Å². The third kappa shape index (κ3) is 6.85. The maximum atomic E-state index is 11.6. The molecular weight excluding hydrogens is 284 g/mol. The molecule has 0 atom stereocenters. The van der Waals surface area contributed by atoms with Gasteiger partial charge in [0, 0.05) is 17.8 Å². The highest BCUT2D eigenvalue weighted by Gasteiger charge is 2.07. The maximum absolute atomic E-state index is 11.6. The summed E-state index contributed by atoms with van der Waals surface area (Å²) < 4.78 is 0. The largest absolute Gasteiger partial charge is 0.346 e. The van der Waals surface area contributed by atoms with Crippen LogP contribution in [0.1, 0.15) is 20.3 Å². The molecule has 0 aliphatic rings. The summed E-state index contributed by atoms with van der Waals surface area (Å²) in [5, 5.41) is 7.78. The van der Waals surface area contributed by atoms with Gasteiger partial charge in [-0.1, -0.05) is 13.8 Å². The summed E-state index contributed by atoms with van der Waals surface area (Å²) in [5.74, 6) is -0.490. The Morgan fingerprint density at radius 2 is 1.45 bits per heavy atom. The second-order valence-corrected chi connectivity index (χ2v) is 5.25. The van der Waals surface area contributed by atoms with Crippen LogP contribution in [-0.2, 0) is 14.4 Å². The van der Waals surface area contributed by atoms with Crippen LogP contribution in [0.15, 0.2) is 24.3 Å². The lowest BCUT2D eigenvalue weighted by molar-refractivity contribution is -0.123. The highest BCUT2D eigenvalue weighted by Crippen LogP contribution is 2.14. The van der Waals surface area contributed by atoms with Crippen LogP contribution in [0.4, 0.5) is 11.4 Å². The fraction of sp³-hybridized carbons (Fsp3) is 0.400. The molecule has 3 amide bonds. The summed E-state index contributed by atoms with van der Waals surface area (Å²) in [7, 11) is 0. The molecule has 0 aliphatic heterocycles. The molecule has 7 heteroatoms. The molecule has 22 heavy (non-hydrogen) atoms. The van der Waals surface area contributed by atoms with Crippen molar-refractivity contribution in [2.75, 3.05) is 23.7 Å². The van der Waals surface area contributed by atoms with Gasteiger partial charge in [-0.15, -0.1) is 0 Å². The van der Waals surface area contributed by atoms with Crippen LogP contribution >= 0.6 is 0 Å². The quantitative estimate of drug-likeness (QED) is 0.593. The molecular formula is C15H22N4O3. The molecule has 0 radical (unpaired) electrons. The van der Waals surface area contributed by atoms with Gasteiger partial charge in [-0.25, -0.2) is 0 Å². The second kappa shape index (κ2) is 8.78. The Bertz CT molecular complexity index is 526. The summed E-state index contributed by atoms with van der Waals surface area (Å²) >= 11 is 0. The first-order valence-electron chi connectivity index (χ1n) is 7.07. The number of nitrogens with two attached hydrogens (primary N) is 1. The molecule has 0 bridgehead atoms. The van der Waals surface area contributed by atoms with Gasteiger partial charge in [0.1, 0.15) is 0 Å². The van der Waals surface area contributed by atoms with E-state index in [4.69, 9.17) is 5.73 Å². The van der Waals surface area contributed by atoms with E-state index in [0.29, 0.717) is 23.7 Å². The average Bonchev–Trinajstić information content (AvgIpc) is 2.46. The van der Waals surface area contributed by atoms with Gasteiger partial charge in [0.15, 0.2) is 0 Å². The smallest absolute Gasteiger partial charge is 0.243 e. The SMILES string of the molecule is CC(C)CC(=O)Nc1ccc(NC(=O)CNC(=O)CN)cc1. The Balaban J connectivity index is 2.46. The molecule has 0 saturated heterocycles. The lowest BCUT2D eigenvalue weighted by atomic mass is 10.1. The predicted molar refractivity (Wildman–Crippen MR) is 85.2 cm³/mol. The van der Waals surface area contributed by atoms with Crippen molar-refractivity contribution in [3.63, 3.8) is 0 Å². The molecule has 7 nitrogen and oxygen atoms in total. The van der Waals surface area contributed by atoms with Gasteiger partial charge >= 0.3 is 0 Å². The Labute approximate surface area is 129 Å². The second-order valence-electron chi connectivity index (χ2n) is 5.25. The van der Waals surface area contributed by atoms with Gasteiger partial charge in [0.2, 0.25) is 17.7 Å². The summed E-state index contributed by atoms with van der Waals surface area (Å²) in [4.78, 5) is 34.1. The first kappa shape index (κ1) is 17.6. The van der Waals surface area contributed by atoms with Crippen LogP contribution in [0.3, 0.4) is 0 Å². The number of hydrogen-bond acceptors (Lipinski definition) is 4. The highest BCUT2D eigenvalue weighted by molar-refractivity contribution is 5.95. The van der Waals surface area contributed by atoms with Crippen molar-refractivity contribution in [1.29, 1.82) is 0 Å². The molecule has 0 aliphatic carbocycles. The molecule has 120 valence electrons. The monoisotopic (exact) mass is 306 g/mol. The van der Waals surface area contributed by atoms with Crippen molar-refractivity contribution in [1.82, 2.24) is 5.32 Å². The minimum Gasteiger partial charge on any atom is -0.346 e. The lowest BCUT2D eigenvalue weighted by Gasteiger charge is -2.09. The zero-order chi connectivity index (χ0) is 16.5. The number of rotatable bonds is 7. The Morgan fingerprint density at radius 1 is 0.955 bits per heavy atom. The molecule has 0 unspecified atom stereocenters. The number of nitrogens with one attached hydrogen (secondary N) is 3. The maximum Gasteiger partial charge on any atom is 0.243 e. The molecule has 0 fully saturated rings. The van der Waals surface area contributed by atoms with Gasteiger partial charge in [0.05, 0.1) is 13.1 Å². The molecule has 1 aromatic carbocycles. The fourth-order valence-electron chi connectivity index (χ4n) is 1.68. The van der Waals surface area contributed by atoms with E-state index in [0.717, 1.165) is 0 Å². The van der Waals surface area contributed by atoms with Crippen molar-refractivity contribution < 1.29 is 14.4 Å². The number of amides is 3. The van der Waals surface area contributed by atoms with Crippen LogP contribution in [0.25, 0.3) is 0 Å². The van der Waals surface area contributed by atoms with E-state index in [9.17, 15) is 14.4 Å². The van der Waals surface area contributed by atoms with E-state index in [1.807, 2.05) is 13.8 Å². The van der Waals surface area contributed by atoms with Gasteiger partial charge in [-0.05, 0) is 30.2 Å². The third-order valence-electron chi connectivity index (χ3n) is 2.68. The highest BCUT2D eigenvalue weighted by atomic mass is 16.2. The number of carbonyl (C=O) groups excluding carboxylic acids is 3. The zero-order valence-corrected chi connectivity index (χ0v) is 12.8. The normalized spacial score (nSPS) is 10.2. The standard InChI is InChI=1S/C15H22N4O3/c1-10(2)7-13(20)18-11-3-5-12(6-4-11)19-15(22)9-17-14(21)8-16/h3-6,10H,7-9,16H2,1-2H3,(H,17,21)(H,18,20)(H,19,22). The number of hydrogen-bond donors (Lipinski definition) is 4. The van der Waals surface area contributed by atoms with Gasteiger partial charge in [-0.3, -0.25) is 14.4 Å². The average molecular weight is 306 g/mol. The summed E-state index contributed by atoms with van der Waals surface area (Å²) in [5.41, 5.74) is 6.36. The molecule has 1 rings (SSSR count). The van der Waals surface area contributed by atoms with E-state index < -0.39 is 5.91 Å². The molecule has 0 heterocycles. The summed E-state index contributed by atoms with van der Waals surface area (Å²) in [6.07, 6.45) is 0.458. The number of anilines is 2. The van der Waals surface area contributed by atoms with Crippen LogP contribution in [0, 0.1) is 5.92 Å². The van der Waals surface area contributed by atoms with E-state index in [1.165, 1.54) is 0 Å². The van der Waals surface area contributed by atoms with Crippen LogP contribution in [-0.4, -0.2) is 30.8 Å². The molecule has 0 aromatic heterocycles. The zero-order valence-electron chi connectivity index (χ0n) is 12.8. The summed E-state index contributed by atoms with van der Waals surface area (Å²) in [6, 6.07) is 6.75. The summed E-state index contributed by atoms with van der Waals surface area (Å²) in [6.45, 7) is 3.66. The van der Waals surface area contributed by atoms with E-state index in [1.54, 1.807) is 24.3 Å². The van der Waals surface area contributed by atoms with Crippen LogP contribution in [0.2, 0.25) is 0 Å². The number of carbonyl (C=O) groups is 3. The number of benzene rings is 1. The van der Waals surface area contributed by atoms with Crippen molar-refractivity contribution in [3.05, 3.63) is 24.3 Å². The van der Waals surface area contributed by atoms with E-state index >= 15 is 0 Å². The van der Waals surface area contributed by atoms with Crippen molar-refractivity contribution in [2.45, 2.75) is 20.3 Å². The third-order valence-corrected chi connectivity index (χ3v) is 2.68. The van der Waals surface area contributed by atoms with Gasteiger partial charge < -0.3 is 21.7 Å². The van der Waals surface area contributed by atoms with Gasteiger partial charge in [-0.2, -0.15) is 0 Å². The first-order chi connectivity index (χ1) is 10.4. The van der Waals surface area contributed by atoms with E-state index in [-0.39, 0.29) is 24.9 Å². The Kier molecular flexibility index (Phi) is 7.04. The molecule has 1 aromatic rings. The lowest BCUT2D eigenvalue weighted by Crippen LogP contribution is -2.36.